The quantitative estimate of drug-likeness (QED) is 0.783. The van der Waals surface area contributed by atoms with E-state index in [9.17, 15) is 4.79 Å². The Morgan fingerprint density at radius 3 is 3.25 bits per heavy atom. The molecule has 1 fully saturated rings. The summed E-state index contributed by atoms with van der Waals surface area (Å²) in [5, 5.41) is 8.27. The summed E-state index contributed by atoms with van der Waals surface area (Å²) in [7, 11) is 0. The molecule has 86 valence electrons. The molecule has 1 atom stereocenters. The van der Waals surface area contributed by atoms with Crippen LogP contribution in [0.4, 0.5) is 0 Å². The van der Waals surface area contributed by atoms with E-state index in [1.54, 1.807) is 17.4 Å². The van der Waals surface area contributed by atoms with E-state index >= 15 is 0 Å². The fourth-order valence-corrected chi connectivity index (χ4v) is 2.39. The summed E-state index contributed by atoms with van der Waals surface area (Å²) >= 11 is 1.63. The lowest BCUT2D eigenvalue weighted by Crippen LogP contribution is -2.45. The molecule has 0 radical (unpaired) electrons. The zero-order chi connectivity index (χ0) is 11.2. The largest absolute Gasteiger partial charge is 0.349 e. The molecule has 4 heteroatoms. The smallest absolute Gasteiger partial charge is 0.244 e. The monoisotopic (exact) mass is 236 g/mol. The standard InChI is InChI=1S/C12H16N2OS/c15-12(6-5-11-4-2-8-16-11)14-10-3-1-7-13-9-10/h2,4-6,8,10,13H,1,3,7,9H2,(H,14,15)/b6-5+/t10-/m1/s1. The molecule has 2 rings (SSSR count). The minimum atomic E-state index is 0.00194. The number of hydrogen-bond acceptors (Lipinski definition) is 3. The Balaban J connectivity index is 1.79. The number of amides is 1. The molecule has 1 aromatic heterocycles. The number of thiophene rings is 1. The van der Waals surface area contributed by atoms with Crippen molar-refractivity contribution < 1.29 is 4.79 Å². The Morgan fingerprint density at radius 2 is 2.56 bits per heavy atom. The van der Waals surface area contributed by atoms with Crippen molar-refractivity contribution in [3.63, 3.8) is 0 Å². The average Bonchev–Trinajstić information content (AvgIpc) is 2.81. The third-order valence-corrected chi connectivity index (χ3v) is 3.42. The number of carbonyl (C=O) groups is 1. The van der Waals surface area contributed by atoms with Gasteiger partial charge >= 0.3 is 0 Å². The molecular formula is C12H16N2OS. The Morgan fingerprint density at radius 1 is 1.62 bits per heavy atom. The second-order valence-electron chi connectivity index (χ2n) is 3.90. The van der Waals surface area contributed by atoms with Crippen LogP contribution in [-0.4, -0.2) is 25.0 Å². The number of nitrogens with one attached hydrogen (secondary N) is 2. The second kappa shape index (κ2) is 5.82. The van der Waals surface area contributed by atoms with Crippen molar-refractivity contribution in [2.75, 3.05) is 13.1 Å². The molecule has 0 spiro atoms. The molecule has 1 amide bonds. The van der Waals surface area contributed by atoms with Crippen molar-refractivity contribution in [2.24, 2.45) is 0 Å². The van der Waals surface area contributed by atoms with Crippen LogP contribution in [0.3, 0.4) is 0 Å². The second-order valence-corrected chi connectivity index (χ2v) is 4.88. The van der Waals surface area contributed by atoms with E-state index in [4.69, 9.17) is 0 Å². The summed E-state index contributed by atoms with van der Waals surface area (Å²) in [6, 6.07) is 4.26. The van der Waals surface area contributed by atoms with Gasteiger partial charge in [-0.1, -0.05) is 6.07 Å². The molecule has 0 unspecified atom stereocenters. The van der Waals surface area contributed by atoms with Crippen LogP contribution in [0.5, 0.6) is 0 Å². The maximum atomic E-state index is 11.6. The van der Waals surface area contributed by atoms with E-state index in [1.807, 2.05) is 23.6 Å². The highest BCUT2D eigenvalue weighted by atomic mass is 32.1. The van der Waals surface area contributed by atoms with Crippen LogP contribution in [-0.2, 0) is 4.79 Å². The third-order valence-electron chi connectivity index (χ3n) is 2.59. The fourth-order valence-electron chi connectivity index (χ4n) is 1.77. The Bertz CT molecular complexity index is 353. The minimum Gasteiger partial charge on any atom is -0.349 e. The number of rotatable bonds is 3. The first-order valence-corrected chi connectivity index (χ1v) is 6.45. The SMILES string of the molecule is O=C(/C=C/c1cccs1)N[C@@H]1CCCNC1. The maximum Gasteiger partial charge on any atom is 0.244 e. The van der Waals surface area contributed by atoms with Crippen molar-refractivity contribution in [1.82, 2.24) is 10.6 Å². The average molecular weight is 236 g/mol. The van der Waals surface area contributed by atoms with Crippen molar-refractivity contribution in [3.8, 4) is 0 Å². The predicted octanol–water partition coefficient (Wildman–Crippen LogP) is 1.63. The van der Waals surface area contributed by atoms with Crippen LogP contribution < -0.4 is 10.6 Å². The van der Waals surface area contributed by atoms with E-state index in [1.165, 1.54) is 0 Å². The molecule has 2 heterocycles. The van der Waals surface area contributed by atoms with Crippen LogP contribution in [0.1, 0.15) is 17.7 Å². The van der Waals surface area contributed by atoms with E-state index in [0.29, 0.717) is 0 Å². The Labute approximate surface area is 99.6 Å². The Hall–Kier alpha value is -1.13. The molecule has 0 saturated carbocycles. The van der Waals surface area contributed by atoms with Gasteiger partial charge in [0, 0.05) is 23.5 Å². The molecule has 1 aliphatic heterocycles. The lowest BCUT2D eigenvalue weighted by molar-refractivity contribution is -0.117. The third kappa shape index (κ3) is 3.47. The minimum absolute atomic E-state index is 0.00194. The van der Waals surface area contributed by atoms with Crippen molar-refractivity contribution >= 4 is 23.3 Å². The lowest BCUT2D eigenvalue weighted by atomic mass is 10.1. The molecule has 1 aromatic rings. The van der Waals surface area contributed by atoms with E-state index in [-0.39, 0.29) is 11.9 Å². The lowest BCUT2D eigenvalue weighted by Gasteiger charge is -2.23. The summed E-state index contributed by atoms with van der Waals surface area (Å²) in [6.45, 7) is 1.95. The van der Waals surface area contributed by atoms with Crippen LogP contribution >= 0.6 is 11.3 Å². The van der Waals surface area contributed by atoms with Gasteiger partial charge in [0.05, 0.1) is 0 Å². The van der Waals surface area contributed by atoms with Gasteiger partial charge in [-0.05, 0) is 36.9 Å². The maximum absolute atomic E-state index is 11.6. The van der Waals surface area contributed by atoms with Gasteiger partial charge < -0.3 is 10.6 Å². The van der Waals surface area contributed by atoms with Gasteiger partial charge in [0.1, 0.15) is 0 Å². The highest BCUT2D eigenvalue weighted by Gasteiger charge is 2.13. The van der Waals surface area contributed by atoms with Gasteiger partial charge in [-0.3, -0.25) is 4.79 Å². The summed E-state index contributed by atoms with van der Waals surface area (Å²) in [5.41, 5.74) is 0. The summed E-state index contributed by atoms with van der Waals surface area (Å²) < 4.78 is 0. The van der Waals surface area contributed by atoms with Crippen molar-refractivity contribution in [1.29, 1.82) is 0 Å². The summed E-state index contributed by atoms with van der Waals surface area (Å²) in [4.78, 5) is 12.7. The fraction of sp³-hybridized carbons (Fsp3) is 0.417. The summed E-state index contributed by atoms with van der Waals surface area (Å²) in [5.74, 6) is 0.00194. The highest BCUT2D eigenvalue weighted by molar-refractivity contribution is 7.10. The van der Waals surface area contributed by atoms with Gasteiger partial charge in [-0.25, -0.2) is 0 Å². The molecule has 0 bridgehead atoms. The molecule has 16 heavy (non-hydrogen) atoms. The number of hydrogen-bond donors (Lipinski definition) is 2. The van der Waals surface area contributed by atoms with Gasteiger partial charge in [0.15, 0.2) is 0 Å². The van der Waals surface area contributed by atoms with Gasteiger partial charge in [-0.2, -0.15) is 0 Å². The van der Waals surface area contributed by atoms with Crippen molar-refractivity contribution in [3.05, 3.63) is 28.5 Å². The molecule has 0 aliphatic carbocycles. The highest BCUT2D eigenvalue weighted by Crippen LogP contribution is 2.10. The van der Waals surface area contributed by atoms with Crippen LogP contribution in [0.2, 0.25) is 0 Å². The molecular weight excluding hydrogens is 220 g/mol. The zero-order valence-corrected chi connectivity index (χ0v) is 9.93. The van der Waals surface area contributed by atoms with E-state index in [0.717, 1.165) is 30.8 Å². The van der Waals surface area contributed by atoms with Crippen LogP contribution in [0.25, 0.3) is 6.08 Å². The van der Waals surface area contributed by atoms with Gasteiger partial charge in [0.2, 0.25) is 5.91 Å². The molecule has 2 N–H and O–H groups in total. The van der Waals surface area contributed by atoms with Crippen LogP contribution in [0.15, 0.2) is 23.6 Å². The van der Waals surface area contributed by atoms with E-state index < -0.39 is 0 Å². The normalized spacial score (nSPS) is 21.1. The molecule has 1 aliphatic rings. The topological polar surface area (TPSA) is 41.1 Å². The van der Waals surface area contributed by atoms with Gasteiger partial charge in [-0.15, -0.1) is 11.3 Å². The number of carbonyl (C=O) groups excluding carboxylic acids is 1. The summed E-state index contributed by atoms with van der Waals surface area (Å²) in [6.07, 6.45) is 5.68. The predicted molar refractivity (Wildman–Crippen MR) is 67.4 cm³/mol. The zero-order valence-electron chi connectivity index (χ0n) is 9.11. The molecule has 3 nitrogen and oxygen atoms in total. The van der Waals surface area contributed by atoms with Crippen LogP contribution in [0, 0.1) is 0 Å². The van der Waals surface area contributed by atoms with E-state index in [2.05, 4.69) is 10.6 Å². The van der Waals surface area contributed by atoms with Crippen molar-refractivity contribution in [2.45, 2.75) is 18.9 Å². The first-order valence-electron chi connectivity index (χ1n) is 5.57. The van der Waals surface area contributed by atoms with Gasteiger partial charge in [0.25, 0.3) is 0 Å². The Kier molecular flexibility index (Phi) is 4.13. The molecule has 1 saturated heterocycles. The number of piperidine rings is 1. The first kappa shape index (κ1) is 11.4. The molecule has 0 aromatic carbocycles. The first-order chi connectivity index (χ1) is 7.84.